The van der Waals surface area contributed by atoms with Crippen molar-refractivity contribution in [1.82, 2.24) is 20.1 Å². The van der Waals surface area contributed by atoms with Gasteiger partial charge in [-0.1, -0.05) is 13.0 Å². The van der Waals surface area contributed by atoms with Crippen molar-refractivity contribution in [3.8, 4) is 0 Å². The van der Waals surface area contributed by atoms with Crippen LogP contribution in [0.4, 0.5) is 0 Å². The van der Waals surface area contributed by atoms with Gasteiger partial charge >= 0.3 is 0 Å². The molecule has 5 heteroatoms. The summed E-state index contributed by atoms with van der Waals surface area (Å²) in [7, 11) is 3.98. The summed E-state index contributed by atoms with van der Waals surface area (Å²) in [5.74, 6) is 0. The summed E-state index contributed by atoms with van der Waals surface area (Å²) in [6.45, 7) is 6.32. The third-order valence-corrected chi connectivity index (χ3v) is 4.75. The first-order valence-corrected chi connectivity index (χ1v) is 8.07. The van der Waals surface area contributed by atoms with E-state index in [1.54, 1.807) is 0 Å². The maximum Gasteiger partial charge on any atom is 0.0766 e. The number of pyridine rings is 1. The lowest BCUT2D eigenvalue weighted by Crippen LogP contribution is -2.22. The van der Waals surface area contributed by atoms with E-state index in [0.29, 0.717) is 0 Å². The number of aromatic nitrogens is 3. The third kappa shape index (κ3) is 3.35. The smallest absolute Gasteiger partial charge is 0.0766 e. The van der Waals surface area contributed by atoms with Gasteiger partial charge in [0.2, 0.25) is 0 Å². The summed E-state index contributed by atoms with van der Waals surface area (Å²) in [4.78, 5) is 4.62. The van der Waals surface area contributed by atoms with Gasteiger partial charge in [0.15, 0.2) is 0 Å². The van der Waals surface area contributed by atoms with Gasteiger partial charge in [0.05, 0.1) is 27.6 Å². The quantitative estimate of drug-likeness (QED) is 0.899. The molecular formula is C16H23BrN4. The topological polar surface area (TPSA) is 42.7 Å². The van der Waals surface area contributed by atoms with Gasteiger partial charge in [0.25, 0.3) is 0 Å². The lowest BCUT2D eigenvalue weighted by Gasteiger charge is -2.18. The van der Waals surface area contributed by atoms with Crippen LogP contribution in [0.5, 0.6) is 0 Å². The third-order valence-electron chi connectivity index (χ3n) is 3.83. The molecule has 0 saturated carbocycles. The van der Waals surface area contributed by atoms with E-state index in [2.05, 4.69) is 58.2 Å². The zero-order valence-electron chi connectivity index (χ0n) is 13.4. The number of rotatable bonds is 5. The fourth-order valence-corrected chi connectivity index (χ4v) is 3.44. The maximum absolute atomic E-state index is 4.62. The van der Waals surface area contributed by atoms with Gasteiger partial charge in [-0.05, 0) is 54.4 Å². The normalized spacial score (nSPS) is 12.7. The molecular weight excluding hydrogens is 328 g/mol. The van der Waals surface area contributed by atoms with Crippen molar-refractivity contribution in [3.63, 3.8) is 0 Å². The van der Waals surface area contributed by atoms with Gasteiger partial charge in [-0.3, -0.25) is 9.67 Å². The molecule has 0 amide bonds. The molecule has 1 N–H and O–H groups in total. The van der Waals surface area contributed by atoms with Crippen LogP contribution in [-0.4, -0.2) is 21.8 Å². The second-order valence-corrected chi connectivity index (χ2v) is 6.24. The van der Waals surface area contributed by atoms with Crippen LogP contribution in [0.3, 0.4) is 0 Å². The number of nitrogens with one attached hydrogen (secondary N) is 1. The largest absolute Gasteiger partial charge is 0.311 e. The summed E-state index contributed by atoms with van der Waals surface area (Å²) in [6, 6.07) is 2.37. The predicted octanol–water partition coefficient (Wildman–Crippen LogP) is 3.26. The van der Waals surface area contributed by atoms with Crippen LogP contribution < -0.4 is 5.32 Å². The summed E-state index contributed by atoms with van der Waals surface area (Å²) >= 11 is 3.69. The molecule has 0 aliphatic heterocycles. The molecule has 0 aliphatic rings. The Hall–Kier alpha value is -1.20. The Balaban J connectivity index is 2.33. The van der Waals surface area contributed by atoms with Crippen LogP contribution in [-0.2, 0) is 19.9 Å². The highest BCUT2D eigenvalue weighted by Crippen LogP contribution is 2.27. The zero-order chi connectivity index (χ0) is 15.6. The summed E-state index contributed by atoms with van der Waals surface area (Å²) in [5, 5.41) is 7.95. The molecule has 1 atom stereocenters. The van der Waals surface area contributed by atoms with E-state index in [1.165, 1.54) is 16.8 Å². The highest BCUT2D eigenvalue weighted by molar-refractivity contribution is 9.10. The van der Waals surface area contributed by atoms with Crippen LogP contribution in [0.25, 0.3) is 0 Å². The van der Waals surface area contributed by atoms with Gasteiger partial charge in [-0.2, -0.15) is 5.10 Å². The number of hydrogen-bond donors (Lipinski definition) is 1. The van der Waals surface area contributed by atoms with Crippen molar-refractivity contribution in [1.29, 1.82) is 0 Å². The van der Waals surface area contributed by atoms with Crippen molar-refractivity contribution in [2.45, 2.75) is 39.7 Å². The molecule has 0 spiro atoms. The van der Waals surface area contributed by atoms with Crippen LogP contribution in [0.15, 0.2) is 16.7 Å². The fraction of sp³-hybridized carbons (Fsp3) is 0.500. The first-order chi connectivity index (χ1) is 9.97. The van der Waals surface area contributed by atoms with Gasteiger partial charge in [0, 0.05) is 19.7 Å². The molecule has 2 aromatic rings. The van der Waals surface area contributed by atoms with E-state index >= 15 is 0 Å². The average molecular weight is 351 g/mol. The average Bonchev–Trinajstić information content (AvgIpc) is 2.72. The summed E-state index contributed by atoms with van der Waals surface area (Å²) < 4.78 is 3.09. The zero-order valence-corrected chi connectivity index (χ0v) is 15.0. The Morgan fingerprint density at radius 1 is 1.38 bits per heavy atom. The van der Waals surface area contributed by atoms with Crippen LogP contribution in [0, 0.1) is 13.8 Å². The van der Waals surface area contributed by atoms with Crippen molar-refractivity contribution in [2.24, 2.45) is 7.05 Å². The van der Waals surface area contributed by atoms with Crippen LogP contribution >= 0.6 is 15.9 Å². The summed E-state index contributed by atoms with van der Waals surface area (Å²) in [6.07, 6.45) is 3.72. The van der Waals surface area contributed by atoms with E-state index in [4.69, 9.17) is 0 Å². The lowest BCUT2D eigenvalue weighted by atomic mass is 10.0. The predicted molar refractivity (Wildman–Crippen MR) is 89.5 cm³/mol. The molecule has 0 radical (unpaired) electrons. The van der Waals surface area contributed by atoms with E-state index in [-0.39, 0.29) is 6.04 Å². The van der Waals surface area contributed by atoms with E-state index < -0.39 is 0 Å². The molecule has 0 aromatic carbocycles. The molecule has 0 aliphatic carbocycles. The minimum Gasteiger partial charge on any atom is -0.311 e. The Bertz CT molecular complexity index is 633. The Labute approximate surface area is 135 Å². The lowest BCUT2D eigenvalue weighted by molar-refractivity contribution is 0.544. The van der Waals surface area contributed by atoms with Crippen molar-refractivity contribution >= 4 is 15.9 Å². The molecule has 2 aromatic heterocycles. The summed E-state index contributed by atoms with van der Waals surface area (Å²) in [5.41, 5.74) is 5.84. The van der Waals surface area contributed by atoms with Crippen LogP contribution in [0.1, 0.15) is 41.2 Å². The first kappa shape index (κ1) is 16.2. The molecule has 4 nitrogen and oxygen atoms in total. The Morgan fingerprint density at radius 3 is 2.62 bits per heavy atom. The number of halogens is 1. The Kier molecular flexibility index (Phi) is 5.17. The monoisotopic (exact) mass is 350 g/mol. The standard InChI is InChI=1S/C16H23BrN4/c1-6-12-15(17)14(21(5)20-12)8-13(18-4)16-11(3)7-10(2)9-19-16/h7,9,13,18H,6,8H2,1-5H3. The number of aryl methyl sites for hydroxylation is 4. The van der Waals surface area contributed by atoms with Gasteiger partial charge < -0.3 is 5.32 Å². The number of likely N-dealkylation sites (N-methyl/N-ethyl adjacent to an activating group) is 1. The highest BCUT2D eigenvalue weighted by Gasteiger charge is 2.20. The first-order valence-electron chi connectivity index (χ1n) is 7.28. The van der Waals surface area contributed by atoms with Crippen molar-refractivity contribution in [2.75, 3.05) is 7.05 Å². The second-order valence-electron chi connectivity index (χ2n) is 5.44. The van der Waals surface area contributed by atoms with Crippen molar-refractivity contribution in [3.05, 3.63) is 44.9 Å². The van der Waals surface area contributed by atoms with Crippen molar-refractivity contribution < 1.29 is 0 Å². The second kappa shape index (κ2) is 6.71. The molecule has 0 bridgehead atoms. The fourth-order valence-electron chi connectivity index (χ4n) is 2.66. The van der Waals surface area contributed by atoms with Crippen LogP contribution in [0.2, 0.25) is 0 Å². The number of hydrogen-bond acceptors (Lipinski definition) is 3. The minimum atomic E-state index is 0.182. The Morgan fingerprint density at radius 2 is 2.10 bits per heavy atom. The highest BCUT2D eigenvalue weighted by atomic mass is 79.9. The molecule has 1 unspecified atom stereocenters. The van der Waals surface area contributed by atoms with Gasteiger partial charge in [0.1, 0.15) is 0 Å². The SMILES string of the molecule is CCc1nn(C)c(CC(NC)c2ncc(C)cc2C)c1Br. The van der Waals surface area contributed by atoms with Gasteiger partial charge in [-0.15, -0.1) is 0 Å². The molecule has 2 heterocycles. The molecule has 21 heavy (non-hydrogen) atoms. The molecule has 2 rings (SSSR count). The molecule has 114 valence electrons. The number of nitrogens with zero attached hydrogens (tertiary/aromatic N) is 3. The molecule has 0 fully saturated rings. The van der Waals surface area contributed by atoms with E-state index in [1.807, 2.05) is 25.0 Å². The van der Waals surface area contributed by atoms with E-state index in [0.717, 1.165) is 28.7 Å². The molecule has 0 saturated heterocycles. The minimum absolute atomic E-state index is 0.182. The maximum atomic E-state index is 4.62. The van der Waals surface area contributed by atoms with E-state index in [9.17, 15) is 0 Å². The van der Waals surface area contributed by atoms with Gasteiger partial charge in [-0.25, -0.2) is 0 Å².